The molecule has 84 valence electrons. The Labute approximate surface area is 94.9 Å². The summed E-state index contributed by atoms with van der Waals surface area (Å²) in [6.45, 7) is 0.115. The first-order chi connectivity index (χ1) is 7.11. The van der Waals surface area contributed by atoms with Gasteiger partial charge < -0.3 is 14.7 Å². The average Bonchev–Trinajstić information content (AvgIpc) is 2.23. The van der Waals surface area contributed by atoms with Crippen molar-refractivity contribution in [3.05, 3.63) is 21.9 Å². The first-order valence-corrected chi connectivity index (χ1v) is 4.96. The van der Waals surface area contributed by atoms with Crippen LogP contribution in [0.25, 0.3) is 0 Å². The Bertz CT molecular complexity index is 360. The highest BCUT2D eigenvalue weighted by Gasteiger charge is 2.16. The van der Waals surface area contributed by atoms with Crippen molar-refractivity contribution in [1.29, 1.82) is 0 Å². The molecule has 0 saturated carbocycles. The number of hydrogen-bond donors (Lipinski definition) is 2. The zero-order valence-corrected chi connectivity index (χ0v) is 9.67. The Kier molecular flexibility index (Phi) is 4.31. The van der Waals surface area contributed by atoms with Gasteiger partial charge in [-0.25, -0.2) is 10.3 Å². The molecule has 0 unspecified atom stereocenters. The van der Waals surface area contributed by atoms with Crippen LogP contribution in [0.3, 0.4) is 0 Å². The maximum atomic E-state index is 13.5. The van der Waals surface area contributed by atoms with Crippen molar-refractivity contribution in [1.82, 2.24) is 0 Å². The standard InChI is InChI=1S/C9H11BrFNO3/c1-14-7-4-6(10)8(11)5(9(7)13)2-3-15-12/h4,13H,2-3,12H2,1H3. The van der Waals surface area contributed by atoms with Gasteiger partial charge in [0.05, 0.1) is 18.2 Å². The van der Waals surface area contributed by atoms with Crippen LogP contribution in [0, 0.1) is 5.82 Å². The Balaban J connectivity index is 3.15. The van der Waals surface area contributed by atoms with Crippen molar-refractivity contribution in [2.75, 3.05) is 13.7 Å². The minimum atomic E-state index is -0.537. The van der Waals surface area contributed by atoms with Crippen molar-refractivity contribution >= 4 is 15.9 Å². The molecule has 0 aliphatic carbocycles. The fourth-order valence-electron chi connectivity index (χ4n) is 1.19. The minimum Gasteiger partial charge on any atom is -0.504 e. The molecule has 0 amide bonds. The molecule has 0 heterocycles. The molecule has 3 N–H and O–H groups in total. The molecule has 1 rings (SSSR count). The van der Waals surface area contributed by atoms with Crippen LogP contribution < -0.4 is 10.6 Å². The lowest BCUT2D eigenvalue weighted by Crippen LogP contribution is -2.06. The zero-order chi connectivity index (χ0) is 11.4. The molecule has 0 atom stereocenters. The van der Waals surface area contributed by atoms with Gasteiger partial charge in [-0.3, -0.25) is 0 Å². The molecule has 0 saturated heterocycles. The Morgan fingerprint density at radius 2 is 2.27 bits per heavy atom. The summed E-state index contributed by atoms with van der Waals surface area (Å²) in [7, 11) is 1.39. The van der Waals surface area contributed by atoms with Gasteiger partial charge in [0.1, 0.15) is 5.82 Å². The molecule has 0 spiro atoms. The number of benzene rings is 1. The molecule has 15 heavy (non-hydrogen) atoms. The second kappa shape index (κ2) is 5.29. The normalized spacial score (nSPS) is 10.4. The summed E-state index contributed by atoms with van der Waals surface area (Å²) in [5.74, 6) is 4.28. The topological polar surface area (TPSA) is 64.7 Å². The van der Waals surface area contributed by atoms with E-state index in [1.165, 1.54) is 13.2 Å². The van der Waals surface area contributed by atoms with Crippen molar-refractivity contribution in [2.45, 2.75) is 6.42 Å². The van der Waals surface area contributed by atoms with E-state index in [9.17, 15) is 9.50 Å². The summed E-state index contributed by atoms with van der Waals surface area (Å²) in [6.07, 6.45) is 0.171. The van der Waals surface area contributed by atoms with Gasteiger partial charge in [-0.05, 0) is 15.9 Å². The van der Waals surface area contributed by atoms with Gasteiger partial charge in [-0.1, -0.05) is 0 Å². The quantitative estimate of drug-likeness (QED) is 0.824. The maximum Gasteiger partial charge on any atom is 0.164 e. The molecule has 0 aliphatic rings. The molecule has 4 nitrogen and oxygen atoms in total. The number of methoxy groups -OCH3 is 1. The lowest BCUT2D eigenvalue weighted by atomic mass is 10.1. The van der Waals surface area contributed by atoms with Gasteiger partial charge in [0.25, 0.3) is 0 Å². The van der Waals surface area contributed by atoms with E-state index in [0.717, 1.165) is 0 Å². The van der Waals surface area contributed by atoms with Crippen LogP contribution in [0.5, 0.6) is 11.5 Å². The van der Waals surface area contributed by atoms with Crippen molar-refractivity contribution < 1.29 is 19.1 Å². The lowest BCUT2D eigenvalue weighted by molar-refractivity contribution is 0.140. The van der Waals surface area contributed by atoms with Crippen LogP contribution >= 0.6 is 15.9 Å². The number of nitrogens with two attached hydrogens (primary N) is 1. The fourth-order valence-corrected chi connectivity index (χ4v) is 1.64. The number of aromatic hydroxyl groups is 1. The van der Waals surface area contributed by atoms with E-state index in [2.05, 4.69) is 20.8 Å². The number of rotatable bonds is 4. The van der Waals surface area contributed by atoms with Gasteiger partial charge in [-0.2, -0.15) is 0 Å². The number of phenolic OH excluding ortho intramolecular Hbond substituents is 1. The fraction of sp³-hybridized carbons (Fsp3) is 0.333. The Morgan fingerprint density at radius 3 is 2.80 bits per heavy atom. The number of phenols is 1. The van der Waals surface area contributed by atoms with Crippen LogP contribution in [-0.2, 0) is 11.3 Å². The molecule has 0 radical (unpaired) electrons. The van der Waals surface area contributed by atoms with Gasteiger partial charge in [0.15, 0.2) is 11.5 Å². The molecule has 0 aromatic heterocycles. The first-order valence-electron chi connectivity index (χ1n) is 4.17. The summed E-state index contributed by atoms with van der Waals surface area (Å²) in [5, 5.41) is 9.64. The van der Waals surface area contributed by atoms with E-state index >= 15 is 0 Å². The second-order valence-electron chi connectivity index (χ2n) is 2.82. The van der Waals surface area contributed by atoms with Gasteiger partial charge in [0.2, 0.25) is 0 Å². The van der Waals surface area contributed by atoms with Crippen molar-refractivity contribution in [2.24, 2.45) is 5.90 Å². The molecular formula is C9H11BrFNO3. The molecule has 1 aromatic carbocycles. The Hall–Kier alpha value is -0.850. The predicted molar refractivity (Wildman–Crippen MR) is 56.2 cm³/mol. The van der Waals surface area contributed by atoms with Crippen LogP contribution in [-0.4, -0.2) is 18.8 Å². The molecule has 0 fully saturated rings. The van der Waals surface area contributed by atoms with Crippen LogP contribution in [0.2, 0.25) is 0 Å². The molecule has 0 bridgehead atoms. The third kappa shape index (κ3) is 2.58. The summed E-state index contributed by atoms with van der Waals surface area (Å²) in [6, 6.07) is 1.36. The largest absolute Gasteiger partial charge is 0.504 e. The molecule has 0 aliphatic heterocycles. The van der Waals surface area contributed by atoms with Crippen LogP contribution in [0.1, 0.15) is 5.56 Å². The summed E-state index contributed by atoms with van der Waals surface area (Å²) >= 11 is 3.03. The first kappa shape index (κ1) is 12.2. The smallest absolute Gasteiger partial charge is 0.164 e. The summed E-state index contributed by atoms with van der Waals surface area (Å²) < 4.78 is 18.7. The third-order valence-electron chi connectivity index (χ3n) is 1.94. The monoisotopic (exact) mass is 279 g/mol. The van der Waals surface area contributed by atoms with Crippen molar-refractivity contribution in [3.63, 3.8) is 0 Å². The highest BCUT2D eigenvalue weighted by atomic mass is 79.9. The lowest BCUT2D eigenvalue weighted by Gasteiger charge is -2.11. The molecule has 1 aromatic rings. The number of halogens is 2. The predicted octanol–water partition coefficient (Wildman–Crippen LogP) is 1.74. The van der Waals surface area contributed by atoms with Crippen LogP contribution in [0.15, 0.2) is 10.5 Å². The zero-order valence-electron chi connectivity index (χ0n) is 8.09. The Morgan fingerprint density at radius 1 is 1.60 bits per heavy atom. The van der Waals surface area contributed by atoms with Gasteiger partial charge in [-0.15, -0.1) is 0 Å². The van der Waals surface area contributed by atoms with Crippen LogP contribution in [0.4, 0.5) is 4.39 Å². The second-order valence-corrected chi connectivity index (χ2v) is 3.68. The van der Waals surface area contributed by atoms with Gasteiger partial charge in [0, 0.05) is 18.1 Å². The summed E-state index contributed by atoms with van der Waals surface area (Å²) in [5.41, 5.74) is 0.117. The van der Waals surface area contributed by atoms with E-state index in [1.807, 2.05) is 0 Å². The maximum absolute atomic E-state index is 13.5. The number of hydrogen-bond acceptors (Lipinski definition) is 4. The average molecular weight is 280 g/mol. The van der Waals surface area contributed by atoms with E-state index in [0.29, 0.717) is 0 Å². The number of ether oxygens (including phenoxy) is 1. The van der Waals surface area contributed by atoms with Crippen molar-refractivity contribution in [3.8, 4) is 11.5 Å². The molecular weight excluding hydrogens is 269 g/mol. The minimum absolute atomic E-state index is 0.115. The van der Waals surface area contributed by atoms with E-state index in [-0.39, 0.29) is 34.6 Å². The van der Waals surface area contributed by atoms with Gasteiger partial charge >= 0.3 is 0 Å². The van der Waals surface area contributed by atoms with E-state index in [4.69, 9.17) is 10.6 Å². The third-order valence-corrected chi connectivity index (χ3v) is 2.52. The van der Waals surface area contributed by atoms with E-state index < -0.39 is 5.82 Å². The highest BCUT2D eigenvalue weighted by Crippen LogP contribution is 2.36. The van der Waals surface area contributed by atoms with E-state index in [1.54, 1.807) is 0 Å². The highest BCUT2D eigenvalue weighted by molar-refractivity contribution is 9.10. The molecule has 6 heteroatoms. The summed E-state index contributed by atoms with van der Waals surface area (Å²) in [4.78, 5) is 4.34. The SMILES string of the molecule is COc1cc(Br)c(F)c(CCON)c1O.